The second kappa shape index (κ2) is 8.29. The SMILES string of the molecule is C#CCOC(=O)c1ccc(P(c2ccccc2)c2ccccc2)cc1. The van der Waals surface area contributed by atoms with Gasteiger partial charge in [-0.2, -0.15) is 0 Å². The number of benzene rings is 3. The Hall–Kier alpha value is -2.88. The van der Waals surface area contributed by atoms with Crippen molar-refractivity contribution in [3.8, 4) is 12.3 Å². The molecule has 3 aromatic carbocycles. The molecule has 0 aromatic heterocycles. The van der Waals surface area contributed by atoms with Gasteiger partial charge >= 0.3 is 5.97 Å². The fraction of sp³-hybridized carbons (Fsp3) is 0.0455. The highest BCUT2D eigenvalue weighted by atomic mass is 31.1. The van der Waals surface area contributed by atoms with Crippen LogP contribution in [0.1, 0.15) is 10.4 Å². The summed E-state index contributed by atoms with van der Waals surface area (Å²) in [6, 6.07) is 28.4. The standard InChI is InChI=1S/C22H17O2P/c1-2-17-24-22(23)18-13-15-21(16-14-18)25(19-9-5-3-6-10-19)20-11-7-4-8-12-20/h1,3-16H,17H2. The summed E-state index contributed by atoms with van der Waals surface area (Å²) in [5.74, 6) is 1.91. The minimum atomic E-state index is -0.673. The third kappa shape index (κ3) is 4.15. The molecule has 3 heteroatoms. The Labute approximate surface area is 149 Å². The molecule has 0 aliphatic rings. The van der Waals surface area contributed by atoms with Gasteiger partial charge in [-0.05, 0) is 36.0 Å². The normalized spacial score (nSPS) is 10.2. The smallest absolute Gasteiger partial charge is 0.339 e. The van der Waals surface area contributed by atoms with E-state index < -0.39 is 13.9 Å². The van der Waals surface area contributed by atoms with Gasteiger partial charge in [-0.1, -0.05) is 78.7 Å². The van der Waals surface area contributed by atoms with Crippen LogP contribution < -0.4 is 15.9 Å². The Morgan fingerprint density at radius 1 is 0.800 bits per heavy atom. The van der Waals surface area contributed by atoms with E-state index in [0.29, 0.717) is 5.56 Å². The third-order valence-electron chi connectivity index (χ3n) is 3.68. The van der Waals surface area contributed by atoms with Gasteiger partial charge in [-0.3, -0.25) is 0 Å². The number of hydrogen-bond donors (Lipinski definition) is 0. The summed E-state index contributed by atoms with van der Waals surface area (Å²) in [6.45, 7) is -0.0126. The molecule has 0 N–H and O–H groups in total. The maximum atomic E-state index is 11.9. The number of rotatable bonds is 5. The molecule has 25 heavy (non-hydrogen) atoms. The number of ether oxygens (including phenoxy) is 1. The largest absolute Gasteiger partial charge is 0.449 e. The van der Waals surface area contributed by atoms with Gasteiger partial charge in [0, 0.05) is 0 Å². The topological polar surface area (TPSA) is 26.3 Å². The zero-order valence-electron chi connectivity index (χ0n) is 13.6. The molecular formula is C22H17O2P. The number of hydrogen-bond acceptors (Lipinski definition) is 2. The monoisotopic (exact) mass is 344 g/mol. The molecule has 0 atom stereocenters. The van der Waals surface area contributed by atoms with E-state index in [1.54, 1.807) is 12.1 Å². The van der Waals surface area contributed by atoms with E-state index >= 15 is 0 Å². The van der Waals surface area contributed by atoms with E-state index in [2.05, 4.69) is 54.5 Å². The molecule has 122 valence electrons. The van der Waals surface area contributed by atoms with Crippen LogP contribution in [0.15, 0.2) is 84.9 Å². The predicted molar refractivity (Wildman–Crippen MR) is 104 cm³/mol. The molecule has 0 saturated heterocycles. The lowest BCUT2D eigenvalue weighted by molar-refractivity contribution is 0.0557. The van der Waals surface area contributed by atoms with Crippen LogP contribution in [0.4, 0.5) is 0 Å². The van der Waals surface area contributed by atoms with E-state index in [1.165, 1.54) is 15.9 Å². The van der Waals surface area contributed by atoms with Gasteiger partial charge in [0.2, 0.25) is 0 Å². The highest BCUT2D eigenvalue weighted by molar-refractivity contribution is 7.79. The summed E-state index contributed by atoms with van der Waals surface area (Å²) >= 11 is 0. The zero-order valence-corrected chi connectivity index (χ0v) is 14.5. The lowest BCUT2D eigenvalue weighted by atomic mass is 10.2. The molecule has 0 bridgehead atoms. The quantitative estimate of drug-likeness (QED) is 0.404. The van der Waals surface area contributed by atoms with Crippen LogP contribution in [0.2, 0.25) is 0 Å². The van der Waals surface area contributed by atoms with Crippen LogP contribution in [0.5, 0.6) is 0 Å². The van der Waals surface area contributed by atoms with Gasteiger partial charge in [0.15, 0.2) is 6.61 Å². The second-order valence-electron chi connectivity index (χ2n) is 5.33. The fourth-order valence-corrected chi connectivity index (χ4v) is 4.82. The molecule has 0 spiro atoms. The van der Waals surface area contributed by atoms with Crippen molar-refractivity contribution >= 4 is 29.8 Å². The maximum absolute atomic E-state index is 11.9. The molecule has 2 nitrogen and oxygen atoms in total. The number of carbonyl (C=O) groups is 1. The fourth-order valence-electron chi connectivity index (χ4n) is 2.54. The summed E-state index contributed by atoms with van der Waals surface area (Å²) in [7, 11) is -0.673. The number of carbonyl (C=O) groups excluding carboxylic acids is 1. The van der Waals surface area contributed by atoms with Gasteiger partial charge in [-0.25, -0.2) is 4.79 Å². The van der Waals surface area contributed by atoms with Crippen LogP contribution in [-0.4, -0.2) is 12.6 Å². The van der Waals surface area contributed by atoms with Gasteiger partial charge in [0.25, 0.3) is 0 Å². The predicted octanol–water partition coefficient (Wildman–Crippen LogP) is 3.23. The maximum Gasteiger partial charge on any atom is 0.339 e. The molecule has 0 saturated carbocycles. The molecule has 0 radical (unpaired) electrons. The van der Waals surface area contributed by atoms with Crippen LogP contribution in [-0.2, 0) is 4.74 Å². The van der Waals surface area contributed by atoms with E-state index in [4.69, 9.17) is 11.2 Å². The van der Waals surface area contributed by atoms with Crippen molar-refractivity contribution in [1.29, 1.82) is 0 Å². The Bertz CT molecular complexity index is 826. The first-order chi connectivity index (χ1) is 12.3. The summed E-state index contributed by atoms with van der Waals surface area (Å²) < 4.78 is 4.98. The molecule has 0 aliphatic heterocycles. The third-order valence-corrected chi connectivity index (χ3v) is 6.12. The first kappa shape index (κ1) is 17.0. The van der Waals surface area contributed by atoms with Gasteiger partial charge in [0.1, 0.15) is 0 Å². The molecule has 0 aliphatic carbocycles. The van der Waals surface area contributed by atoms with Gasteiger partial charge in [-0.15, -0.1) is 6.42 Å². The molecule has 3 aromatic rings. The van der Waals surface area contributed by atoms with E-state index in [0.717, 1.165) is 0 Å². The van der Waals surface area contributed by atoms with E-state index in [9.17, 15) is 4.79 Å². The molecule has 0 amide bonds. The van der Waals surface area contributed by atoms with Gasteiger partial charge < -0.3 is 4.74 Å². The van der Waals surface area contributed by atoms with Crippen LogP contribution in [0.25, 0.3) is 0 Å². The summed E-state index contributed by atoms with van der Waals surface area (Å²) in [5.41, 5.74) is 0.509. The van der Waals surface area contributed by atoms with Crippen molar-refractivity contribution in [2.45, 2.75) is 0 Å². The van der Waals surface area contributed by atoms with Gasteiger partial charge in [0.05, 0.1) is 5.56 Å². The molecule has 0 heterocycles. The molecule has 0 unspecified atom stereocenters. The van der Waals surface area contributed by atoms with Crippen molar-refractivity contribution in [3.05, 3.63) is 90.5 Å². The number of esters is 1. The Morgan fingerprint density at radius 2 is 1.28 bits per heavy atom. The van der Waals surface area contributed by atoms with Crippen molar-refractivity contribution in [3.63, 3.8) is 0 Å². The Balaban J connectivity index is 1.95. The van der Waals surface area contributed by atoms with Crippen molar-refractivity contribution in [2.75, 3.05) is 6.61 Å². The average molecular weight is 344 g/mol. The van der Waals surface area contributed by atoms with Crippen molar-refractivity contribution in [1.82, 2.24) is 0 Å². The van der Waals surface area contributed by atoms with Crippen LogP contribution >= 0.6 is 7.92 Å². The Morgan fingerprint density at radius 3 is 1.76 bits per heavy atom. The minimum absolute atomic E-state index is 0.0126. The van der Waals surface area contributed by atoms with Crippen molar-refractivity contribution in [2.24, 2.45) is 0 Å². The summed E-state index contributed by atoms with van der Waals surface area (Å²) in [4.78, 5) is 11.9. The number of terminal acetylenes is 1. The van der Waals surface area contributed by atoms with E-state index in [1.807, 2.05) is 24.3 Å². The highest BCUT2D eigenvalue weighted by Gasteiger charge is 2.16. The summed E-state index contributed by atoms with van der Waals surface area (Å²) in [5, 5.41) is 3.72. The van der Waals surface area contributed by atoms with Crippen LogP contribution in [0.3, 0.4) is 0 Å². The van der Waals surface area contributed by atoms with Crippen LogP contribution in [0, 0.1) is 12.3 Å². The minimum Gasteiger partial charge on any atom is -0.449 e. The molecule has 0 fully saturated rings. The van der Waals surface area contributed by atoms with Crippen molar-refractivity contribution < 1.29 is 9.53 Å². The molecular weight excluding hydrogens is 327 g/mol. The lowest BCUT2D eigenvalue weighted by Crippen LogP contribution is -2.20. The highest BCUT2D eigenvalue weighted by Crippen LogP contribution is 2.32. The average Bonchev–Trinajstić information content (AvgIpc) is 2.68. The first-order valence-electron chi connectivity index (χ1n) is 7.90. The second-order valence-corrected chi connectivity index (χ2v) is 7.55. The zero-order chi connectivity index (χ0) is 17.5. The summed E-state index contributed by atoms with van der Waals surface area (Å²) in [6.07, 6.45) is 5.12. The molecule has 3 rings (SSSR count). The lowest BCUT2D eigenvalue weighted by Gasteiger charge is -2.19. The van der Waals surface area contributed by atoms with E-state index in [-0.39, 0.29) is 6.61 Å². The first-order valence-corrected chi connectivity index (χ1v) is 9.24. The Kier molecular flexibility index (Phi) is 5.62.